The van der Waals surface area contributed by atoms with E-state index in [2.05, 4.69) is 24.5 Å². The lowest BCUT2D eigenvalue weighted by Gasteiger charge is -2.16. The van der Waals surface area contributed by atoms with Crippen LogP contribution in [0.3, 0.4) is 0 Å². The molecule has 1 fully saturated rings. The average molecular weight is 295 g/mol. The van der Waals surface area contributed by atoms with Gasteiger partial charge in [-0.1, -0.05) is 13.8 Å². The molecule has 1 aromatic rings. The Morgan fingerprint density at radius 1 is 1.35 bits per heavy atom. The summed E-state index contributed by atoms with van der Waals surface area (Å²) in [5.74, 6) is 0.501. The zero-order valence-electron chi connectivity index (χ0n) is 12.6. The first kappa shape index (κ1) is 15.2. The van der Waals surface area contributed by atoms with Crippen LogP contribution < -0.4 is 16.4 Å². The molecule has 1 heterocycles. The number of carbonyl (C=O) groups excluding carboxylic acids is 1. The summed E-state index contributed by atoms with van der Waals surface area (Å²) in [5, 5.41) is 7.54. The molecule has 1 aromatic heterocycles. The van der Waals surface area contributed by atoms with Crippen LogP contribution >= 0.6 is 11.3 Å². The molecule has 1 aliphatic rings. The van der Waals surface area contributed by atoms with Gasteiger partial charge in [0.1, 0.15) is 4.88 Å². The van der Waals surface area contributed by atoms with E-state index in [4.69, 9.17) is 5.73 Å². The highest BCUT2D eigenvalue weighted by molar-refractivity contribution is 7.18. The van der Waals surface area contributed by atoms with Crippen molar-refractivity contribution >= 4 is 27.9 Å². The number of anilines is 2. The van der Waals surface area contributed by atoms with E-state index in [1.165, 1.54) is 29.7 Å². The topological polar surface area (TPSA) is 67.2 Å². The van der Waals surface area contributed by atoms with Crippen LogP contribution in [-0.4, -0.2) is 18.5 Å². The van der Waals surface area contributed by atoms with E-state index < -0.39 is 0 Å². The number of hydrogen-bond donors (Lipinski definition) is 3. The second-order valence-electron chi connectivity index (χ2n) is 5.38. The van der Waals surface area contributed by atoms with Crippen molar-refractivity contribution in [3.63, 3.8) is 0 Å². The average Bonchev–Trinajstić information content (AvgIpc) is 3.21. The highest BCUT2D eigenvalue weighted by atomic mass is 32.1. The van der Waals surface area contributed by atoms with Gasteiger partial charge in [0.15, 0.2) is 0 Å². The molecule has 0 spiro atoms. The molecule has 1 amide bonds. The third-order valence-electron chi connectivity index (χ3n) is 3.83. The predicted molar refractivity (Wildman–Crippen MR) is 86.7 cm³/mol. The summed E-state index contributed by atoms with van der Waals surface area (Å²) in [6, 6.07) is 0.452. The number of nitrogens with two attached hydrogens (primary N) is 1. The highest BCUT2D eigenvalue weighted by Crippen LogP contribution is 2.51. The summed E-state index contributed by atoms with van der Waals surface area (Å²) < 4.78 is 0. The van der Waals surface area contributed by atoms with E-state index in [1.54, 1.807) is 0 Å². The minimum Gasteiger partial charge on any atom is -0.397 e. The van der Waals surface area contributed by atoms with Gasteiger partial charge in [0.2, 0.25) is 0 Å². The molecule has 4 N–H and O–H groups in total. The summed E-state index contributed by atoms with van der Waals surface area (Å²) in [6.45, 7) is 6.91. The van der Waals surface area contributed by atoms with Crippen molar-refractivity contribution in [3.8, 4) is 0 Å². The predicted octanol–water partition coefficient (Wildman–Crippen LogP) is 3.56. The molecule has 0 radical (unpaired) electrons. The van der Waals surface area contributed by atoms with Gasteiger partial charge in [0.05, 0.1) is 10.7 Å². The maximum atomic E-state index is 12.1. The van der Waals surface area contributed by atoms with Gasteiger partial charge in [0.25, 0.3) is 5.91 Å². The molecule has 5 heteroatoms. The van der Waals surface area contributed by atoms with Gasteiger partial charge in [-0.25, -0.2) is 0 Å². The molecule has 0 bridgehead atoms. The lowest BCUT2D eigenvalue weighted by atomic mass is 10.1. The van der Waals surface area contributed by atoms with Crippen molar-refractivity contribution in [2.24, 2.45) is 0 Å². The van der Waals surface area contributed by atoms with Crippen LogP contribution in [0, 0.1) is 0 Å². The number of nitrogen functional groups attached to an aromatic ring is 1. The molecule has 112 valence electrons. The second-order valence-corrected chi connectivity index (χ2v) is 6.40. The summed E-state index contributed by atoms with van der Waals surface area (Å²) in [4.78, 5) is 12.8. The first-order chi connectivity index (χ1) is 9.62. The second kappa shape index (κ2) is 6.48. The monoisotopic (exact) mass is 295 g/mol. The van der Waals surface area contributed by atoms with Crippen LogP contribution in [0.1, 0.15) is 67.6 Å². The number of rotatable bonds is 7. The number of thiophene rings is 1. The number of amides is 1. The van der Waals surface area contributed by atoms with Crippen LogP contribution in [0.5, 0.6) is 0 Å². The lowest BCUT2D eigenvalue weighted by Crippen LogP contribution is -2.22. The Kier molecular flexibility index (Phi) is 4.91. The largest absolute Gasteiger partial charge is 0.397 e. The number of carbonyl (C=O) groups is 1. The Morgan fingerprint density at radius 2 is 2.00 bits per heavy atom. The Bertz CT molecular complexity index is 476. The molecule has 0 aromatic carbocycles. The van der Waals surface area contributed by atoms with Crippen molar-refractivity contribution in [3.05, 3.63) is 10.4 Å². The molecule has 0 atom stereocenters. The van der Waals surface area contributed by atoms with Crippen molar-refractivity contribution in [2.75, 3.05) is 17.6 Å². The van der Waals surface area contributed by atoms with Gasteiger partial charge >= 0.3 is 0 Å². The van der Waals surface area contributed by atoms with E-state index >= 15 is 0 Å². The summed E-state index contributed by atoms with van der Waals surface area (Å²) in [6.07, 6.45) is 4.53. The van der Waals surface area contributed by atoms with E-state index in [1.807, 2.05) is 6.92 Å². The normalized spacial score (nSPS) is 14.6. The fourth-order valence-corrected chi connectivity index (χ4v) is 3.63. The van der Waals surface area contributed by atoms with E-state index in [-0.39, 0.29) is 5.91 Å². The van der Waals surface area contributed by atoms with Gasteiger partial charge in [-0.2, -0.15) is 0 Å². The Balaban J connectivity index is 2.30. The number of nitrogens with one attached hydrogen (secondary N) is 2. The van der Waals surface area contributed by atoms with Crippen LogP contribution in [0.25, 0.3) is 0 Å². The van der Waals surface area contributed by atoms with Crippen molar-refractivity contribution in [1.82, 2.24) is 5.32 Å². The Labute approximate surface area is 125 Å². The first-order valence-corrected chi connectivity index (χ1v) is 8.40. The minimum absolute atomic E-state index is 0.0468. The molecule has 0 saturated heterocycles. The Morgan fingerprint density at radius 3 is 2.50 bits per heavy atom. The van der Waals surface area contributed by atoms with Crippen LogP contribution in [0.4, 0.5) is 10.7 Å². The number of hydrogen-bond acceptors (Lipinski definition) is 4. The molecule has 20 heavy (non-hydrogen) atoms. The summed E-state index contributed by atoms with van der Waals surface area (Å²) >= 11 is 1.51. The molecule has 1 aliphatic carbocycles. The van der Waals surface area contributed by atoms with E-state index in [0.717, 1.165) is 17.8 Å². The van der Waals surface area contributed by atoms with Gasteiger partial charge in [-0.3, -0.25) is 4.79 Å². The van der Waals surface area contributed by atoms with Crippen molar-refractivity contribution < 1.29 is 4.79 Å². The first-order valence-electron chi connectivity index (χ1n) is 7.59. The van der Waals surface area contributed by atoms with Gasteiger partial charge in [-0.05, 0) is 38.5 Å². The fourth-order valence-electron chi connectivity index (χ4n) is 2.43. The SMILES string of the molecule is CCNC(=O)c1sc(NC(CC)CC)c(C2CC2)c1N. The zero-order chi connectivity index (χ0) is 14.7. The minimum atomic E-state index is -0.0468. The fraction of sp³-hybridized carbons (Fsp3) is 0.667. The lowest BCUT2D eigenvalue weighted by molar-refractivity contribution is 0.0960. The standard InChI is InChI=1S/C15H25N3OS/c1-4-10(5-2)18-15-11(9-7-8-9)12(16)13(20-15)14(19)17-6-3/h9-10,18H,4-8,16H2,1-3H3,(H,17,19). The maximum absolute atomic E-state index is 12.1. The Hall–Kier alpha value is -1.23. The van der Waals surface area contributed by atoms with Crippen LogP contribution in [0.15, 0.2) is 0 Å². The molecular formula is C15H25N3OS. The molecular weight excluding hydrogens is 270 g/mol. The van der Waals surface area contributed by atoms with Gasteiger partial charge in [-0.15, -0.1) is 11.3 Å². The van der Waals surface area contributed by atoms with Crippen molar-refractivity contribution in [1.29, 1.82) is 0 Å². The molecule has 0 aliphatic heterocycles. The van der Waals surface area contributed by atoms with Gasteiger partial charge < -0.3 is 16.4 Å². The van der Waals surface area contributed by atoms with Gasteiger partial charge in [0, 0.05) is 18.2 Å². The van der Waals surface area contributed by atoms with E-state index in [9.17, 15) is 4.79 Å². The molecule has 0 unspecified atom stereocenters. The summed E-state index contributed by atoms with van der Waals surface area (Å²) in [7, 11) is 0. The maximum Gasteiger partial charge on any atom is 0.263 e. The third-order valence-corrected chi connectivity index (χ3v) is 4.98. The quantitative estimate of drug-likeness (QED) is 0.720. The van der Waals surface area contributed by atoms with Crippen LogP contribution in [-0.2, 0) is 0 Å². The van der Waals surface area contributed by atoms with Crippen molar-refractivity contribution in [2.45, 2.75) is 58.4 Å². The zero-order valence-corrected chi connectivity index (χ0v) is 13.4. The highest BCUT2D eigenvalue weighted by Gasteiger charge is 2.33. The third kappa shape index (κ3) is 3.08. The van der Waals surface area contributed by atoms with E-state index in [0.29, 0.717) is 29.1 Å². The molecule has 1 saturated carbocycles. The molecule has 2 rings (SSSR count). The molecule has 4 nitrogen and oxygen atoms in total. The summed E-state index contributed by atoms with van der Waals surface area (Å²) in [5.41, 5.74) is 8.12. The van der Waals surface area contributed by atoms with Crippen LogP contribution in [0.2, 0.25) is 0 Å². The smallest absolute Gasteiger partial charge is 0.263 e.